The molecule has 3 aromatic rings. The van der Waals surface area contributed by atoms with Gasteiger partial charge in [-0.15, -0.1) is 0 Å². The van der Waals surface area contributed by atoms with Crippen molar-refractivity contribution in [2.75, 3.05) is 10.6 Å². The third kappa shape index (κ3) is 5.68. The molecule has 1 unspecified atom stereocenters. The van der Waals surface area contributed by atoms with Gasteiger partial charge in [-0.2, -0.15) is 9.97 Å². The Hall–Kier alpha value is -2.22. The fourth-order valence-electron chi connectivity index (χ4n) is 2.87. The summed E-state index contributed by atoms with van der Waals surface area (Å²) in [7, 11) is 0. The Bertz CT molecular complexity index is 1000. The minimum Gasteiger partial charge on any atom is -0.346 e. The summed E-state index contributed by atoms with van der Waals surface area (Å²) in [5, 5.41) is 9.65. The number of aromatic amines is 1. The second-order valence-electron chi connectivity index (χ2n) is 6.75. The number of hydrogen-bond donors (Lipinski definition) is 4. The topological polar surface area (TPSA) is 94.7 Å². The summed E-state index contributed by atoms with van der Waals surface area (Å²) in [6.45, 7) is 3.86. The quantitative estimate of drug-likeness (QED) is 0.266. The number of aryl methyl sites for hydroxylation is 1. The van der Waals surface area contributed by atoms with Crippen molar-refractivity contribution in [3.63, 3.8) is 0 Å². The number of aromatic nitrogens is 3. The summed E-state index contributed by atoms with van der Waals surface area (Å²) >= 11 is 18.1. The summed E-state index contributed by atoms with van der Waals surface area (Å²) in [6.07, 6.45) is 3.13. The first-order chi connectivity index (χ1) is 14.3. The van der Waals surface area contributed by atoms with E-state index < -0.39 is 9.96 Å². The Morgan fingerprint density at radius 1 is 1.13 bits per heavy atom. The van der Waals surface area contributed by atoms with Crippen molar-refractivity contribution in [3.8, 4) is 0 Å². The normalized spacial score (nSPS) is 12.6. The lowest BCUT2D eigenvalue weighted by molar-refractivity contribution is -0.121. The molecule has 30 heavy (non-hydrogen) atoms. The number of nitrogens with zero attached hydrogens (tertiary/aromatic N) is 2. The maximum atomic E-state index is 11.8. The van der Waals surface area contributed by atoms with Crippen LogP contribution >= 0.6 is 34.8 Å². The molecule has 160 valence electrons. The van der Waals surface area contributed by atoms with E-state index in [1.54, 1.807) is 13.1 Å². The molecule has 3 rings (SSSR count). The fourth-order valence-corrected chi connectivity index (χ4v) is 3.20. The molecule has 0 aliphatic carbocycles. The van der Waals surface area contributed by atoms with Crippen LogP contribution in [0.4, 0.5) is 17.5 Å². The number of carbonyl (C=O) groups is 1. The highest BCUT2D eigenvalue weighted by molar-refractivity contribution is 6.68. The zero-order valence-corrected chi connectivity index (χ0v) is 18.9. The monoisotopic (exact) mass is 468 g/mol. The zero-order chi connectivity index (χ0) is 21.7. The van der Waals surface area contributed by atoms with Gasteiger partial charge in [0.25, 0.3) is 0 Å². The van der Waals surface area contributed by atoms with E-state index in [0.717, 1.165) is 23.9 Å². The number of benzene rings is 1. The third-order valence-corrected chi connectivity index (χ3v) is 5.05. The molecule has 2 heterocycles. The molecule has 0 fully saturated rings. The van der Waals surface area contributed by atoms with Crippen LogP contribution in [0.5, 0.6) is 0 Å². The van der Waals surface area contributed by atoms with E-state index in [0.29, 0.717) is 11.5 Å². The summed E-state index contributed by atoms with van der Waals surface area (Å²) in [5.74, 6) is 0.505. The Kier molecular flexibility index (Phi) is 7.28. The molecular formula is C20H23Cl3N6O. The number of rotatable bonds is 8. The van der Waals surface area contributed by atoms with Gasteiger partial charge >= 0.3 is 0 Å². The van der Waals surface area contributed by atoms with Crippen LogP contribution in [0.2, 0.25) is 0 Å². The molecule has 2 aromatic heterocycles. The zero-order valence-electron chi connectivity index (χ0n) is 16.6. The van der Waals surface area contributed by atoms with E-state index in [2.05, 4.69) is 50.0 Å². The number of halogens is 3. The smallest absolute Gasteiger partial charge is 0.228 e. The molecule has 0 aliphatic rings. The van der Waals surface area contributed by atoms with Crippen molar-refractivity contribution in [1.29, 1.82) is 0 Å². The third-order valence-electron chi connectivity index (χ3n) is 4.40. The molecule has 0 saturated carbocycles. The maximum absolute atomic E-state index is 11.8. The van der Waals surface area contributed by atoms with Crippen molar-refractivity contribution >= 4 is 69.2 Å². The van der Waals surface area contributed by atoms with Crippen LogP contribution in [-0.2, 0) is 11.2 Å². The second kappa shape index (κ2) is 9.73. The molecule has 4 N–H and O–H groups in total. The van der Waals surface area contributed by atoms with Gasteiger partial charge in [0, 0.05) is 18.3 Å². The van der Waals surface area contributed by atoms with Crippen LogP contribution in [0, 0.1) is 0 Å². The molecule has 0 bridgehead atoms. The Morgan fingerprint density at radius 3 is 2.50 bits per heavy atom. The van der Waals surface area contributed by atoms with E-state index in [4.69, 9.17) is 34.8 Å². The average molecular weight is 470 g/mol. The lowest BCUT2D eigenvalue weighted by Gasteiger charge is -2.26. The van der Waals surface area contributed by atoms with Crippen LogP contribution < -0.4 is 16.0 Å². The maximum Gasteiger partial charge on any atom is 0.228 e. The highest BCUT2D eigenvalue weighted by Gasteiger charge is 2.34. The van der Waals surface area contributed by atoms with E-state index in [-0.39, 0.29) is 18.3 Å². The molecule has 0 saturated heterocycles. The first-order valence-corrected chi connectivity index (χ1v) is 10.8. The number of H-pyrrole nitrogens is 1. The van der Waals surface area contributed by atoms with Crippen LogP contribution in [0.15, 0.2) is 36.5 Å². The second-order valence-corrected chi connectivity index (χ2v) is 9.12. The van der Waals surface area contributed by atoms with Crippen LogP contribution in [0.3, 0.4) is 0 Å². The molecule has 1 atom stereocenters. The minimum absolute atomic E-state index is 0.197. The first-order valence-electron chi connectivity index (χ1n) is 9.63. The fraction of sp³-hybridized carbons (Fsp3) is 0.350. The van der Waals surface area contributed by atoms with Gasteiger partial charge in [-0.3, -0.25) is 4.79 Å². The molecule has 1 aromatic carbocycles. The largest absolute Gasteiger partial charge is 0.346 e. The molecular weight excluding hydrogens is 447 g/mol. The van der Waals surface area contributed by atoms with Gasteiger partial charge in [-0.1, -0.05) is 67.2 Å². The molecule has 0 radical (unpaired) electrons. The molecule has 0 spiro atoms. The molecule has 10 heteroatoms. The van der Waals surface area contributed by atoms with Crippen LogP contribution in [0.1, 0.15) is 32.3 Å². The van der Waals surface area contributed by atoms with E-state index in [1.807, 2.05) is 18.2 Å². The SMILES string of the molecule is CCCc1ccc(Nc2nc(NC(NC(=O)CC)C(Cl)(Cl)Cl)nc3[nH]ccc23)cc1. The minimum atomic E-state index is -1.80. The standard InChI is InChI=1S/C20H23Cl3N6O/c1-3-5-12-6-8-13(9-7-12)25-17-14-10-11-24-16(14)27-19(28-17)29-18(20(21,22)23)26-15(30)4-2/h6-11,18H,3-5H2,1-2H3,(H,26,30)(H3,24,25,27,28,29). The van der Waals surface area contributed by atoms with Gasteiger partial charge in [0.05, 0.1) is 5.39 Å². The Morgan fingerprint density at radius 2 is 1.87 bits per heavy atom. The van der Waals surface area contributed by atoms with Crippen molar-refractivity contribution in [2.24, 2.45) is 0 Å². The highest BCUT2D eigenvalue weighted by atomic mass is 35.6. The number of carbonyl (C=O) groups excluding carboxylic acids is 1. The van der Waals surface area contributed by atoms with Crippen molar-refractivity contribution in [1.82, 2.24) is 20.3 Å². The van der Waals surface area contributed by atoms with Crippen molar-refractivity contribution in [3.05, 3.63) is 42.1 Å². The lowest BCUT2D eigenvalue weighted by atomic mass is 10.1. The van der Waals surface area contributed by atoms with Crippen molar-refractivity contribution in [2.45, 2.75) is 43.1 Å². The summed E-state index contributed by atoms with van der Waals surface area (Å²) < 4.78 is -1.80. The molecule has 0 aliphatic heterocycles. The number of alkyl halides is 3. The number of fused-ring (bicyclic) bond motifs is 1. The predicted molar refractivity (Wildman–Crippen MR) is 124 cm³/mol. The van der Waals surface area contributed by atoms with Crippen molar-refractivity contribution < 1.29 is 4.79 Å². The van der Waals surface area contributed by atoms with E-state index in [1.165, 1.54) is 5.56 Å². The molecule has 1 amide bonds. The highest BCUT2D eigenvalue weighted by Crippen LogP contribution is 2.32. The van der Waals surface area contributed by atoms with Gasteiger partial charge in [-0.25, -0.2) is 0 Å². The molecule has 7 nitrogen and oxygen atoms in total. The number of amides is 1. The van der Waals surface area contributed by atoms with E-state index in [9.17, 15) is 4.79 Å². The Balaban J connectivity index is 1.88. The first kappa shape index (κ1) is 22.5. The Labute approximate surface area is 189 Å². The summed E-state index contributed by atoms with van der Waals surface area (Å²) in [4.78, 5) is 23.8. The number of hydrogen-bond acceptors (Lipinski definition) is 5. The predicted octanol–water partition coefficient (Wildman–Crippen LogP) is 5.29. The lowest BCUT2D eigenvalue weighted by Crippen LogP contribution is -2.49. The number of nitrogens with one attached hydrogen (secondary N) is 4. The van der Waals surface area contributed by atoms with Gasteiger partial charge < -0.3 is 20.9 Å². The van der Waals surface area contributed by atoms with Gasteiger partial charge in [0.2, 0.25) is 15.6 Å². The van der Waals surface area contributed by atoms with Crippen LogP contribution in [0.25, 0.3) is 11.0 Å². The number of anilines is 3. The summed E-state index contributed by atoms with van der Waals surface area (Å²) in [5.41, 5.74) is 2.76. The van der Waals surface area contributed by atoms with E-state index >= 15 is 0 Å². The van der Waals surface area contributed by atoms with Gasteiger partial charge in [0.1, 0.15) is 17.6 Å². The summed E-state index contributed by atoms with van der Waals surface area (Å²) in [6, 6.07) is 10.0. The van der Waals surface area contributed by atoms with Gasteiger partial charge in [-0.05, 0) is 30.2 Å². The van der Waals surface area contributed by atoms with Crippen LogP contribution in [-0.4, -0.2) is 30.8 Å². The van der Waals surface area contributed by atoms with Gasteiger partial charge in [0.15, 0.2) is 0 Å². The average Bonchev–Trinajstić information content (AvgIpc) is 3.17.